The molecule has 0 atom stereocenters. The average Bonchev–Trinajstić information content (AvgIpc) is 2.95. The lowest BCUT2D eigenvalue weighted by molar-refractivity contribution is 0.587. The van der Waals surface area contributed by atoms with Crippen LogP contribution in [0.1, 0.15) is 16.7 Å². The molecule has 0 N–H and O–H groups in total. The van der Waals surface area contributed by atoms with E-state index in [2.05, 4.69) is 0 Å². The van der Waals surface area contributed by atoms with Crippen LogP contribution < -0.4 is 0 Å². The second kappa shape index (κ2) is 6.78. The van der Waals surface area contributed by atoms with Gasteiger partial charge < -0.3 is 0 Å². The molecule has 0 unspecified atom stereocenters. The first-order valence-corrected chi connectivity index (χ1v) is 8.09. The van der Waals surface area contributed by atoms with Crippen molar-refractivity contribution in [1.29, 1.82) is 10.5 Å². The van der Waals surface area contributed by atoms with Crippen LogP contribution in [0.2, 0.25) is 0 Å². The van der Waals surface area contributed by atoms with E-state index in [0.29, 0.717) is 11.1 Å². The third-order valence-electron chi connectivity index (χ3n) is 3.14. The summed E-state index contributed by atoms with van der Waals surface area (Å²) in [5.74, 6) is 0. The van der Waals surface area contributed by atoms with Gasteiger partial charge >= 0.3 is 0 Å². The van der Waals surface area contributed by atoms with E-state index in [9.17, 15) is 8.42 Å². The van der Waals surface area contributed by atoms with Gasteiger partial charge in [-0.05, 0) is 31.2 Å². The van der Waals surface area contributed by atoms with Gasteiger partial charge in [0.1, 0.15) is 0 Å². The standard InChI is InChI=1S/C17H13N3O2S/c1-14-6-8-17(9-7-14)23(21,22)20-12-15(4-2-10-18)16(13-20)5-3-11-19/h2-9,12-13H,1H3/b4-2-,5-3-. The molecule has 114 valence electrons. The summed E-state index contributed by atoms with van der Waals surface area (Å²) in [6.07, 6.45) is 8.33. The maximum atomic E-state index is 12.6. The molecule has 2 aromatic rings. The van der Waals surface area contributed by atoms with Crippen molar-refractivity contribution >= 4 is 22.2 Å². The van der Waals surface area contributed by atoms with Crippen LogP contribution in [0.4, 0.5) is 0 Å². The monoisotopic (exact) mass is 323 g/mol. The zero-order chi connectivity index (χ0) is 16.9. The molecule has 0 saturated heterocycles. The molecule has 1 aromatic carbocycles. The molecule has 0 aliphatic carbocycles. The van der Waals surface area contributed by atoms with Crippen molar-refractivity contribution in [2.45, 2.75) is 11.8 Å². The quantitative estimate of drug-likeness (QED) is 0.809. The van der Waals surface area contributed by atoms with Gasteiger partial charge in [-0.25, -0.2) is 12.4 Å². The van der Waals surface area contributed by atoms with Crippen molar-refractivity contribution in [2.24, 2.45) is 0 Å². The fraction of sp³-hybridized carbons (Fsp3) is 0.0588. The Labute approximate surface area is 135 Å². The number of rotatable bonds is 4. The van der Waals surface area contributed by atoms with E-state index in [1.165, 1.54) is 36.7 Å². The fourth-order valence-corrected chi connectivity index (χ4v) is 3.19. The Bertz CT molecular complexity index is 909. The zero-order valence-corrected chi connectivity index (χ0v) is 13.2. The first-order valence-electron chi connectivity index (χ1n) is 6.65. The number of hydrogen-bond acceptors (Lipinski definition) is 4. The minimum Gasteiger partial charge on any atom is -0.248 e. The number of aromatic nitrogens is 1. The van der Waals surface area contributed by atoms with Crippen molar-refractivity contribution in [3.05, 3.63) is 65.5 Å². The molecule has 0 amide bonds. The molecule has 1 heterocycles. The predicted octanol–water partition coefficient (Wildman–Crippen LogP) is 3.11. The molecule has 0 spiro atoms. The summed E-state index contributed by atoms with van der Waals surface area (Å²) >= 11 is 0. The number of aryl methyl sites for hydroxylation is 1. The molecular formula is C17H13N3O2S. The zero-order valence-electron chi connectivity index (χ0n) is 12.3. The van der Waals surface area contributed by atoms with Gasteiger partial charge in [-0.1, -0.05) is 17.7 Å². The van der Waals surface area contributed by atoms with Gasteiger partial charge in [-0.15, -0.1) is 0 Å². The molecule has 0 saturated carbocycles. The molecule has 6 heteroatoms. The van der Waals surface area contributed by atoms with E-state index in [0.717, 1.165) is 9.54 Å². The predicted molar refractivity (Wildman–Crippen MR) is 87.5 cm³/mol. The van der Waals surface area contributed by atoms with Crippen molar-refractivity contribution in [1.82, 2.24) is 3.97 Å². The minimum atomic E-state index is -3.72. The third-order valence-corrected chi connectivity index (χ3v) is 4.77. The van der Waals surface area contributed by atoms with E-state index >= 15 is 0 Å². The van der Waals surface area contributed by atoms with Gasteiger partial charge in [0.2, 0.25) is 0 Å². The summed E-state index contributed by atoms with van der Waals surface area (Å²) in [6, 6.07) is 10.2. The van der Waals surface area contributed by atoms with Crippen LogP contribution in [0, 0.1) is 29.6 Å². The van der Waals surface area contributed by atoms with E-state index in [1.807, 2.05) is 19.1 Å². The molecule has 0 aliphatic rings. The fourth-order valence-electron chi connectivity index (χ4n) is 1.96. The number of nitriles is 2. The summed E-state index contributed by atoms with van der Waals surface area (Å²) in [7, 11) is -3.72. The molecule has 0 bridgehead atoms. The largest absolute Gasteiger partial charge is 0.267 e. The number of nitrogens with zero attached hydrogens (tertiary/aromatic N) is 3. The summed E-state index contributed by atoms with van der Waals surface area (Å²) in [6.45, 7) is 1.88. The van der Waals surface area contributed by atoms with Crippen LogP contribution in [0.15, 0.2) is 53.7 Å². The molecule has 23 heavy (non-hydrogen) atoms. The van der Waals surface area contributed by atoms with Crippen LogP contribution in [-0.2, 0) is 10.0 Å². The van der Waals surface area contributed by atoms with Gasteiger partial charge in [0, 0.05) is 35.7 Å². The summed E-state index contributed by atoms with van der Waals surface area (Å²) in [5.41, 5.74) is 2.04. The highest BCUT2D eigenvalue weighted by atomic mass is 32.2. The van der Waals surface area contributed by atoms with Gasteiger partial charge in [0.05, 0.1) is 17.0 Å². The van der Waals surface area contributed by atoms with Crippen LogP contribution in [0.3, 0.4) is 0 Å². The Morgan fingerprint density at radius 3 is 1.87 bits per heavy atom. The molecule has 2 rings (SSSR count). The number of allylic oxidation sites excluding steroid dienone is 2. The molecular weight excluding hydrogens is 310 g/mol. The highest BCUT2D eigenvalue weighted by Gasteiger charge is 2.17. The molecule has 0 fully saturated rings. The number of hydrogen-bond donors (Lipinski definition) is 0. The van der Waals surface area contributed by atoms with Gasteiger partial charge in [0.25, 0.3) is 10.0 Å². The first kappa shape index (κ1) is 16.3. The normalized spacial score (nSPS) is 11.6. The molecule has 0 radical (unpaired) electrons. The Morgan fingerprint density at radius 2 is 1.43 bits per heavy atom. The molecule has 0 aliphatic heterocycles. The molecule has 1 aromatic heterocycles. The van der Waals surface area contributed by atoms with Gasteiger partial charge in [0.15, 0.2) is 0 Å². The van der Waals surface area contributed by atoms with Crippen LogP contribution in [-0.4, -0.2) is 12.4 Å². The SMILES string of the molecule is Cc1ccc(S(=O)(=O)n2cc(/C=C\C#N)c(/C=C\C#N)c2)cc1. The summed E-state index contributed by atoms with van der Waals surface area (Å²) in [4.78, 5) is 0.171. The van der Waals surface area contributed by atoms with Crippen molar-refractivity contribution < 1.29 is 8.42 Å². The average molecular weight is 323 g/mol. The lowest BCUT2D eigenvalue weighted by Crippen LogP contribution is -2.10. The lowest BCUT2D eigenvalue weighted by atomic mass is 10.2. The first-order chi connectivity index (χ1) is 11.0. The highest BCUT2D eigenvalue weighted by Crippen LogP contribution is 2.21. The summed E-state index contributed by atoms with van der Waals surface area (Å²) < 4.78 is 26.4. The van der Waals surface area contributed by atoms with Crippen molar-refractivity contribution in [3.63, 3.8) is 0 Å². The Hall–Kier alpha value is -3.09. The smallest absolute Gasteiger partial charge is 0.248 e. The van der Waals surface area contributed by atoms with E-state index in [4.69, 9.17) is 10.5 Å². The topological polar surface area (TPSA) is 86.7 Å². The number of benzene rings is 1. The Kier molecular flexibility index (Phi) is 4.80. The maximum Gasteiger partial charge on any atom is 0.267 e. The van der Waals surface area contributed by atoms with Gasteiger partial charge in [-0.3, -0.25) is 0 Å². The van der Waals surface area contributed by atoms with E-state index in [1.54, 1.807) is 24.3 Å². The van der Waals surface area contributed by atoms with Crippen LogP contribution >= 0.6 is 0 Å². The van der Waals surface area contributed by atoms with Crippen LogP contribution in [0.25, 0.3) is 12.2 Å². The van der Waals surface area contributed by atoms with Crippen LogP contribution in [0.5, 0.6) is 0 Å². The Balaban J connectivity index is 2.55. The second-order valence-corrected chi connectivity index (χ2v) is 6.58. The highest BCUT2D eigenvalue weighted by molar-refractivity contribution is 7.90. The summed E-state index contributed by atoms with van der Waals surface area (Å²) in [5, 5.41) is 17.3. The van der Waals surface area contributed by atoms with Crippen molar-refractivity contribution in [3.8, 4) is 12.1 Å². The maximum absolute atomic E-state index is 12.6. The van der Waals surface area contributed by atoms with E-state index in [-0.39, 0.29) is 4.90 Å². The minimum absolute atomic E-state index is 0.171. The van der Waals surface area contributed by atoms with Crippen molar-refractivity contribution in [2.75, 3.05) is 0 Å². The second-order valence-electron chi connectivity index (χ2n) is 4.74. The third kappa shape index (κ3) is 3.57. The van der Waals surface area contributed by atoms with E-state index < -0.39 is 10.0 Å². The lowest BCUT2D eigenvalue weighted by Gasteiger charge is -2.05. The molecule has 5 nitrogen and oxygen atoms in total. The van der Waals surface area contributed by atoms with Gasteiger partial charge in [-0.2, -0.15) is 10.5 Å². The Morgan fingerprint density at radius 1 is 0.957 bits per heavy atom.